The summed E-state index contributed by atoms with van der Waals surface area (Å²) < 4.78 is 0. The first-order valence-electron chi connectivity index (χ1n) is 4.52. The lowest BCUT2D eigenvalue weighted by Crippen LogP contribution is -2.42. The second-order valence-corrected chi connectivity index (χ2v) is 3.47. The highest BCUT2D eigenvalue weighted by Crippen LogP contribution is 2.10. The molecule has 14 heavy (non-hydrogen) atoms. The number of nitrogens with one attached hydrogen (secondary N) is 2. The minimum absolute atomic E-state index is 0.00387. The molecule has 0 aromatic heterocycles. The zero-order valence-electron chi connectivity index (χ0n) is 8.78. The van der Waals surface area contributed by atoms with Crippen molar-refractivity contribution in [1.29, 1.82) is 0 Å². The van der Waals surface area contributed by atoms with E-state index in [1.807, 2.05) is 27.1 Å². The molecule has 0 aliphatic carbocycles. The maximum Gasteiger partial charge on any atom is 0.115 e. The SMILES string of the molecule is CNC(NC)C1=CC(C)(N)C=NC=N1. The zero-order chi connectivity index (χ0) is 10.6. The van der Waals surface area contributed by atoms with Crippen LogP contribution in [-0.4, -0.2) is 38.4 Å². The van der Waals surface area contributed by atoms with Crippen molar-refractivity contribution < 1.29 is 0 Å². The minimum atomic E-state index is -0.544. The van der Waals surface area contributed by atoms with Gasteiger partial charge in [0.1, 0.15) is 12.5 Å². The molecule has 78 valence electrons. The van der Waals surface area contributed by atoms with E-state index >= 15 is 0 Å². The highest BCUT2D eigenvalue weighted by Gasteiger charge is 2.18. The summed E-state index contributed by atoms with van der Waals surface area (Å²) >= 11 is 0. The smallest absolute Gasteiger partial charge is 0.115 e. The summed E-state index contributed by atoms with van der Waals surface area (Å²) in [4.78, 5) is 8.17. The number of nitrogens with zero attached hydrogens (tertiary/aromatic N) is 2. The van der Waals surface area contributed by atoms with Crippen LogP contribution in [0.2, 0.25) is 0 Å². The van der Waals surface area contributed by atoms with E-state index in [0.29, 0.717) is 0 Å². The van der Waals surface area contributed by atoms with Gasteiger partial charge in [-0.2, -0.15) is 0 Å². The summed E-state index contributed by atoms with van der Waals surface area (Å²) in [7, 11) is 3.72. The van der Waals surface area contributed by atoms with E-state index in [1.54, 1.807) is 6.21 Å². The van der Waals surface area contributed by atoms with E-state index in [1.165, 1.54) is 6.34 Å². The van der Waals surface area contributed by atoms with E-state index in [-0.39, 0.29) is 6.17 Å². The van der Waals surface area contributed by atoms with Gasteiger partial charge in [0.05, 0.1) is 11.2 Å². The Balaban J connectivity index is 2.92. The van der Waals surface area contributed by atoms with Crippen LogP contribution >= 0.6 is 0 Å². The fraction of sp³-hybridized carbons (Fsp3) is 0.556. The molecule has 0 amide bonds. The lowest BCUT2D eigenvalue weighted by molar-refractivity contribution is 0.550. The van der Waals surface area contributed by atoms with Gasteiger partial charge in [-0.3, -0.25) is 10.6 Å². The van der Waals surface area contributed by atoms with Crippen molar-refractivity contribution in [2.75, 3.05) is 14.1 Å². The van der Waals surface area contributed by atoms with E-state index in [2.05, 4.69) is 20.6 Å². The molecule has 0 aromatic rings. The van der Waals surface area contributed by atoms with Crippen LogP contribution in [0.15, 0.2) is 21.8 Å². The van der Waals surface area contributed by atoms with Crippen LogP contribution < -0.4 is 16.4 Å². The Hall–Kier alpha value is -1.04. The molecule has 0 aromatic carbocycles. The van der Waals surface area contributed by atoms with Crippen LogP contribution in [0.3, 0.4) is 0 Å². The van der Waals surface area contributed by atoms with Gasteiger partial charge in [0.2, 0.25) is 0 Å². The number of hydrogen-bond acceptors (Lipinski definition) is 5. The first-order chi connectivity index (χ1) is 6.59. The molecule has 1 aliphatic rings. The quantitative estimate of drug-likeness (QED) is 0.530. The van der Waals surface area contributed by atoms with Crippen LogP contribution in [0.1, 0.15) is 6.92 Å². The standard InChI is InChI=1S/C9H17N5/c1-9(10)4-7(8(11-2)12-3)14-6-13-5-9/h4-6,8,11-12H,10H2,1-3H3. The third-order valence-electron chi connectivity index (χ3n) is 1.96. The van der Waals surface area contributed by atoms with Gasteiger partial charge in [-0.1, -0.05) is 0 Å². The average molecular weight is 195 g/mol. The topological polar surface area (TPSA) is 74.8 Å². The number of aliphatic imine (C=N–C) groups is 2. The van der Waals surface area contributed by atoms with Gasteiger partial charge in [-0.05, 0) is 27.1 Å². The summed E-state index contributed by atoms with van der Waals surface area (Å²) in [5.41, 5.74) is 6.26. The normalized spacial score (nSPS) is 26.5. The molecule has 0 fully saturated rings. The second kappa shape index (κ2) is 4.45. The van der Waals surface area contributed by atoms with Crippen LogP contribution in [0.25, 0.3) is 0 Å². The van der Waals surface area contributed by atoms with Gasteiger partial charge in [-0.15, -0.1) is 0 Å². The van der Waals surface area contributed by atoms with Crippen LogP contribution in [0, 0.1) is 0 Å². The molecular weight excluding hydrogens is 178 g/mol. The van der Waals surface area contributed by atoms with Crippen molar-refractivity contribution in [3.05, 3.63) is 11.8 Å². The Labute approximate surface area is 84.2 Å². The molecule has 5 nitrogen and oxygen atoms in total. The molecule has 0 spiro atoms. The lowest BCUT2D eigenvalue weighted by atomic mass is 10.0. The monoisotopic (exact) mass is 195 g/mol. The minimum Gasteiger partial charge on any atom is -0.318 e. The van der Waals surface area contributed by atoms with Gasteiger partial charge < -0.3 is 5.73 Å². The molecule has 1 rings (SSSR count). The predicted octanol–water partition coefficient (Wildman–Crippen LogP) is -0.535. The fourth-order valence-electron chi connectivity index (χ4n) is 1.29. The molecule has 0 radical (unpaired) electrons. The van der Waals surface area contributed by atoms with Crippen LogP contribution in [0.4, 0.5) is 0 Å². The van der Waals surface area contributed by atoms with Crippen molar-refractivity contribution in [1.82, 2.24) is 10.6 Å². The van der Waals surface area contributed by atoms with E-state index in [4.69, 9.17) is 5.73 Å². The maximum absolute atomic E-state index is 5.95. The van der Waals surface area contributed by atoms with Crippen LogP contribution in [-0.2, 0) is 0 Å². The molecule has 0 bridgehead atoms. The summed E-state index contributed by atoms with van der Waals surface area (Å²) in [6, 6.07) is 0. The molecule has 5 heteroatoms. The van der Waals surface area contributed by atoms with Crippen molar-refractivity contribution in [2.45, 2.75) is 18.6 Å². The zero-order valence-corrected chi connectivity index (χ0v) is 8.78. The molecule has 1 aliphatic heterocycles. The largest absolute Gasteiger partial charge is 0.318 e. The Morgan fingerprint density at radius 2 is 2.07 bits per heavy atom. The number of rotatable bonds is 3. The summed E-state index contributed by atoms with van der Waals surface area (Å²) in [6.45, 7) is 1.88. The van der Waals surface area contributed by atoms with E-state index in [9.17, 15) is 0 Å². The second-order valence-electron chi connectivity index (χ2n) is 3.47. The fourth-order valence-corrected chi connectivity index (χ4v) is 1.29. The van der Waals surface area contributed by atoms with Gasteiger partial charge in [0.15, 0.2) is 0 Å². The Bertz CT molecular complexity index is 273. The first-order valence-corrected chi connectivity index (χ1v) is 4.52. The van der Waals surface area contributed by atoms with Gasteiger partial charge in [-0.25, -0.2) is 9.98 Å². The lowest BCUT2D eigenvalue weighted by Gasteiger charge is -2.19. The number of hydrogen-bond donors (Lipinski definition) is 3. The molecule has 0 saturated carbocycles. The summed E-state index contributed by atoms with van der Waals surface area (Å²) in [5, 5.41) is 6.17. The van der Waals surface area contributed by atoms with Crippen LogP contribution in [0.5, 0.6) is 0 Å². The molecule has 1 unspecified atom stereocenters. The third kappa shape index (κ3) is 2.73. The average Bonchev–Trinajstić information content (AvgIpc) is 2.29. The summed E-state index contributed by atoms with van der Waals surface area (Å²) in [5.74, 6) is 0. The predicted molar refractivity (Wildman–Crippen MR) is 59.6 cm³/mol. The van der Waals surface area contributed by atoms with Crippen molar-refractivity contribution in [2.24, 2.45) is 15.7 Å². The Morgan fingerprint density at radius 3 is 2.64 bits per heavy atom. The number of likely N-dealkylation sites (N-methyl/N-ethyl adjacent to an activating group) is 2. The Morgan fingerprint density at radius 1 is 1.43 bits per heavy atom. The van der Waals surface area contributed by atoms with Gasteiger partial charge in [0.25, 0.3) is 0 Å². The number of nitrogens with two attached hydrogens (primary N) is 1. The highest BCUT2D eigenvalue weighted by molar-refractivity contribution is 5.82. The van der Waals surface area contributed by atoms with E-state index < -0.39 is 5.54 Å². The van der Waals surface area contributed by atoms with E-state index in [0.717, 1.165) is 5.70 Å². The third-order valence-corrected chi connectivity index (χ3v) is 1.96. The first kappa shape index (κ1) is 11.0. The summed E-state index contributed by atoms with van der Waals surface area (Å²) in [6.07, 6.45) is 5.06. The van der Waals surface area contributed by atoms with Crippen molar-refractivity contribution in [3.8, 4) is 0 Å². The molecular formula is C9H17N5. The molecule has 1 atom stereocenters. The van der Waals surface area contributed by atoms with Gasteiger partial charge in [0, 0.05) is 6.21 Å². The molecule has 4 N–H and O–H groups in total. The van der Waals surface area contributed by atoms with Gasteiger partial charge >= 0.3 is 0 Å². The Kier molecular flexibility index (Phi) is 3.51. The van der Waals surface area contributed by atoms with Crippen molar-refractivity contribution in [3.63, 3.8) is 0 Å². The molecule has 0 saturated heterocycles. The maximum atomic E-state index is 5.95. The molecule has 1 heterocycles. The van der Waals surface area contributed by atoms with Crippen molar-refractivity contribution >= 4 is 12.6 Å². The highest BCUT2D eigenvalue weighted by atomic mass is 15.1.